The highest BCUT2D eigenvalue weighted by atomic mass is 19.2. The molecule has 2 saturated carbocycles. The van der Waals surface area contributed by atoms with Gasteiger partial charge in [-0.1, -0.05) is 25.0 Å². The van der Waals surface area contributed by atoms with Crippen LogP contribution in [0.4, 0.5) is 22.0 Å². The molecule has 0 radical (unpaired) electrons. The van der Waals surface area contributed by atoms with Gasteiger partial charge in [0.25, 0.3) is 17.4 Å². The first-order chi connectivity index (χ1) is 24.4. The molecule has 2 aromatic heterocycles. The second-order valence-corrected chi connectivity index (χ2v) is 13.4. The Balaban J connectivity index is 1.50. The van der Waals surface area contributed by atoms with Crippen LogP contribution >= 0.6 is 0 Å². The van der Waals surface area contributed by atoms with Gasteiger partial charge < -0.3 is 20.0 Å². The second-order valence-electron chi connectivity index (χ2n) is 13.4. The zero-order chi connectivity index (χ0) is 36.1. The Kier molecular flexibility index (Phi) is 8.98. The molecule has 51 heavy (non-hydrogen) atoms. The molecule has 0 aliphatic heterocycles. The number of nitrogens with one attached hydrogen (secondary N) is 1. The van der Waals surface area contributed by atoms with Crippen molar-refractivity contribution in [1.82, 2.24) is 14.9 Å². The lowest BCUT2D eigenvalue weighted by molar-refractivity contribution is 0.0899. The van der Waals surface area contributed by atoms with Gasteiger partial charge in [0.15, 0.2) is 11.6 Å². The number of oxazole rings is 1. The highest BCUT2D eigenvalue weighted by Crippen LogP contribution is 2.48. The van der Waals surface area contributed by atoms with E-state index in [0.717, 1.165) is 41.7 Å². The largest absolute Gasteiger partial charge is 0.447 e. The van der Waals surface area contributed by atoms with E-state index in [1.807, 2.05) is 0 Å². The van der Waals surface area contributed by atoms with Crippen LogP contribution in [0.3, 0.4) is 0 Å². The van der Waals surface area contributed by atoms with Gasteiger partial charge in [-0.15, -0.1) is 0 Å². The molecule has 2 heterocycles. The van der Waals surface area contributed by atoms with Crippen molar-refractivity contribution in [3.63, 3.8) is 0 Å². The average Bonchev–Trinajstić information content (AvgIpc) is 3.54. The topological polar surface area (TPSA) is 120 Å². The normalized spacial score (nSPS) is 16.0. The number of carbonyl (C=O) groups excluding carboxylic acids is 2. The summed E-state index contributed by atoms with van der Waals surface area (Å²) in [5.41, 5.74) is 4.66. The fraction of sp³-hybridized carbons (Fsp3) is 0.316. The van der Waals surface area contributed by atoms with E-state index in [-0.39, 0.29) is 52.0 Å². The number of aromatic nitrogens is 2. The van der Waals surface area contributed by atoms with Crippen LogP contribution in [0, 0.1) is 47.8 Å². The van der Waals surface area contributed by atoms with Crippen LogP contribution in [-0.4, -0.2) is 21.4 Å². The Bertz CT molecular complexity index is 2250. The van der Waals surface area contributed by atoms with Crippen molar-refractivity contribution in [2.75, 3.05) is 0 Å². The zero-order valence-electron chi connectivity index (χ0n) is 27.4. The minimum absolute atomic E-state index is 0.0836. The molecule has 0 unspecified atom stereocenters. The van der Waals surface area contributed by atoms with Crippen LogP contribution in [0.5, 0.6) is 0 Å². The predicted octanol–water partition coefficient (Wildman–Crippen LogP) is 7.34. The minimum atomic E-state index is -1.18. The number of benzene rings is 3. The Morgan fingerprint density at radius 1 is 0.882 bits per heavy atom. The number of nitrogens with zero attached hydrogens (tertiary/aromatic N) is 2. The van der Waals surface area contributed by atoms with Crippen molar-refractivity contribution >= 4 is 22.6 Å². The van der Waals surface area contributed by atoms with Gasteiger partial charge in [-0.05, 0) is 85.4 Å². The Hall–Kier alpha value is -5.33. The molecule has 8 nitrogen and oxygen atoms in total. The van der Waals surface area contributed by atoms with E-state index >= 15 is 8.78 Å². The number of amides is 2. The molecule has 7 rings (SSSR count). The third-order valence-electron chi connectivity index (χ3n) is 10.5. The van der Waals surface area contributed by atoms with Crippen LogP contribution < -0.4 is 16.6 Å². The maximum absolute atomic E-state index is 16.1. The smallest absolute Gasteiger partial charge is 0.262 e. The lowest BCUT2D eigenvalue weighted by Gasteiger charge is -2.37. The number of primary amides is 1. The van der Waals surface area contributed by atoms with Gasteiger partial charge in [0.2, 0.25) is 5.89 Å². The summed E-state index contributed by atoms with van der Waals surface area (Å²) in [6.45, 7) is 1.23. The molecule has 0 bridgehead atoms. The van der Waals surface area contributed by atoms with Gasteiger partial charge in [0, 0.05) is 23.1 Å². The fourth-order valence-electron chi connectivity index (χ4n) is 7.58. The second kappa shape index (κ2) is 13.4. The standard InChI is InChI=1S/C38H33F5N4O4/c1-18-30(37(49)46-35(20-6-3-7-20)21-8-10-25(40)27(42)14-21)33-23(9-11-26(41)34(33)38(50)47(18)17-29-45-12-13-51-29)31(19-4-2-5-19)24-15-22(39)16-28(43)32(24)36(44)48/h8-16,19-20,31,35H,2-7,17H2,1H3,(H2,44,48)(H,46,49)/t31-,35-/m0/s1. The van der Waals surface area contributed by atoms with Crippen LogP contribution in [-0.2, 0) is 6.54 Å². The summed E-state index contributed by atoms with van der Waals surface area (Å²) < 4.78 is 81.2. The number of hydrogen-bond acceptors (Lipinski definition) is 5. The summed E-state index contributed by atoms with van der Waals surface area (Å²) in [5, 5.41) is 2.40. The van der Waals surface area contributed by atoms with E-state index in [1.54, 1.807) is 0 Å². The van der Waals surface area contributed by atoms with Crippen molar-refractivity contribution in [1.29, 1.82) is 0 Å². The highest BCUT2D eigenvalue weighted by Gasteiger charge is 2.38. The van der Waals surface area contributed by atoms with Gasteiger partial charge in [-0.2, -0.15) is 0 Å². The van der Waals surface area contributed by atoms with Gasteiger partial charge in [-0.25, -0.2) is 26.9 Å². The Labute approximate surface area is 288 Å². The molecular weight excluding hydrogens is 671 g/mol. The number of rotatable bonds is 10. The molecule has 5 aromatic rings. The first-order valence-corrected chi connectivity index (χ1v) is 16.7. The van der Waals surface area contributed by atoms with Crippen LogP contribution in [0.1, 0.15) is 99.5 Å². The van der Waals surface area contributed by atoms with E-state index in [2.05, 4.69) is 10.3 Å². The monoisotopic (exact) mass is 704 g/mol. The third kappa shape index (κ3) is 6.08. The van der Waals surface area contributed by atoms with Crippen LogP contribution in [0.2, 0.25) is 0 Å². The zero-order valence-corrected chi connectivity index (χ0v) is 27.4. The number of nitrogens with two attached hydrogens (primary N) is 1. The maximum Gasteiger partial charge on any atom is 0.262 e. The predicted molar refractivity (Wildman–Crippen MR) is 176 cm³/mol. The quantitative estimate of drug-likeness (QED) is 0.148. The molecule has 0 saturated heterocycles. The summed E-state index contributed by atoms with van der Waals surface area (Å²) in [6, 6.07) is 6.58. The van der Waals surface area contributed by atoms with Gasteiger partial charge >= 0.3 is 0 Å². The van der Waals surface area contributed by atoms with Crippen molar-refractivity contribution in [2.24, 2.45) is 17.6 Å². The first kappa shape index (κ1) is 34.1. The number of halogens is 5. The molecule has 0 spiro atoms. The summed E-state index contributed by atoms with van der Waals surface area (Å²) in [6.07, 6.45) is 6.81. The van der Waals surface area contributed by atoms with Gasteiger partial charge in [0.1, 0.15) is 30.3 Å². The molecule has 2 aliphatic carbocycles. The summed E-state index contributed by atoms with van der Waals surface area (Å²) in [5.74, 6) is -8.46. The molecule has 3 N–H and O–H groups in total. The van der Waals surface area contributed by atoms with Crippen molar-refractivity contribution < 1.29 is 36.0 Å². The molecule has 2 atom stereocenters. The van der Waals surface area contributed by atoms with Crippen molar-refractivity contribution in [2.45, 2.75) is 64.0 Å². The summed E-state index contributed by atoms with van der Waals surface area (Å²) in [7, 11) is 0. The van der Waals surface area contributed by atoms with Gasteiger partial charge in [0.05, 0.1) is 28.8 Å². The first-order valence-electron chi connectivity index (χ1n) is 16.7. The lowest BCUT2D eigenvalue weighted by atomic mass is 9.68. The molecular formula is C38H33F5N4O4. The number of hydrogen-bond donors (Lipinski definition) is 2. The summed E-state index contributed by atoms with van der Waals surface area (Å²) >= 11 is 0. The van der Waals surface area contributed by atoms with Crippen molar-refractivity contribution in [3.8, 4) is 0 Å². The molecule has 264 valence electrons. The number of carbonyl (C=O) groups is 2. The Morgan fingerprint density at radius 3 is 2.20 bits per heavy atom. The highest BCUT2D eigenvalue weighted by molar-refractivity contribution is 6.09. The van der Waals surface area contributed by atoms with Gasteiger partial charge in [-0.3, -0.25) is 14.4 Å². The number of pyridine rings is 1. The van der Waals surface area contributed by atoms with E-state index in [1.165, 1.54) is 31.5 Å². The minimum Gasteiger partial charge on any atom is -0.447 e. The molecule has 3 aromatic carbocycles. The van der Waals surface area contributed by atoms with E-state index in [9.17, 15) is 27.6 Å². The third-order valence-corrected chi connectivity index (χ3v) is 10.5. The summed E-state index contributed by atoms with van der Waals surface area (Å²) in [4.78, 5) is 45.7. The van der Waals surface area contributed by atoms with Crippen molar-refractivity contribution in [3.05, 3.63) is 134 Å². The van der Waals surface area contributed by atoms with Crippen LogP contribution in [0.25, 0.3) is 10.8 Å². The molecule has 13 heteroatoms. The average molecular weight is 705 g/mol. The van der Waals surface area contributed by atoms with Crippen LogP contribution in [0.15, 0.2) is 64.1 Å². The lowest BCUT2D eigenvalue weighted by Crippen LogP contribution is -2.38. The SMILES string of the molecule is Cc1c(C(=O)N[C@H](c2ccc(F)c(F)c2)C2CCC2)c2c([C@@H](c3cc(F)cc(F)c3C(N)=O)C3CCC3)ccc(F)c2c(=O)n1Cc1ncco1. The van der Waals surface area contributed by atoms with E-state index in [0.29, 0.717) is 37.3 Å². The number of fused-ring (bicyclic) bond motifs is 1. The maximum atomic E-state index is 16.1. The molecule has 2 amide bonds. The van der Waals surface area contributed by atoms with E-state index < -0.39 is 69.4 Å². The fourth-order valence-corrected chi connectivity index (χ4v) is 7.58. The van der Waals surface area contributed by atoms with E-state index in [4.69, 9.17) is 10.2 Å². The molecule has 2 fully saturated rings. The Morgan fingerprint density at radius 2 is 1.59 bits per heavy atom. The molecule has 2 aliphatic rings.